The molecule has 18 nitrogen and oxygen atoms in total. The Balaban J connectivity index is 0.000000807. The van der Waals surface area contributed by atoms with Crippen molar-refractivity contribution in [2.75, 3.05) is 26.4 Å². The maximum Gasteiger partial charge on any atom is 0.494 e. The van der Waals surface area contributed by atoms with Crippen LogP contribution in [0.2, 0.25) is 0 Å². The summed E-state index contributed by atoms with van der Waals surface area (Å²) in [5.41, 5.74) is 11.9. The molecule has 10 aromatic carbocycles. The van der Waals surface area contributed by atoms with Gasteiger partial charge in [-0.25, -0.2) is 50.3 Å². The van der Waals surface area contributed by atoms with Gasteiger partial charge in [0.2, 0.25) is 0 Å². The van der Waals surface area contributed by atoms with Crippen LogP contribution in [0, 0.1) is 59.7 Å². The summed E-state index contributed by atoms with van der Waals surface area (Å²) in [6.07, 6.45) is -1.41. The van der Waals surface area contributed by atoms with Crippen molar-refractivity contribution in [1.82, 2.24) is 10.6 Å². The number of nitrogens with zero attached hydrogens (tertiary/aromatic N) is 1. The minimum Gasteiger partial charge on any atom is -0.465 e. The number of aryl methyl sites for hydroxylation is 1. The minimum absolute atomic E-state index is 0. The standard InChI is InChI=1S/C25H31BFNO6.C24H21FINO2.C19H19FINO4.C11H13FINO2.C7H5BrFI.C7H6FI.5V/c1-6-31-22(29)21(28-23(30)32-16-17-10-8-7-9-11-17)14-18-12-13-19(15-20(18)27)26-33-24(2,3)25(4,5)34-26;1-2-29-24(28)22(15-19-13-14-20(26)16-21(19)25)27-23(17-9-5-3-6-10-17)18-11-7-4-8-12-18;1-2-25-18(23)17(10-14-8-9-15(21)11-16(14)20)22-19(24)26-12-13-6-4-3-5-7-13;1-2-16-11(15)10(14)5-7-3-4-8(13)6-9(7)12;8-4-5-1-2-6(10)3-7(5)9;1-5-2-3-6(9)4-7(5)8;;;;;/h7-13,15,21H,6,14,16H2,1-5H3,(H,28,30);3-14,16,22H,2,15H2,1H3;3-9,11,17H,2,10,12H2,1H3,(H,22,24);3-4,6,10H,2,5,14H2,1H3;1-3H,4H2;2-4H,1H3;;;;;. The molecule has 4 unspecified atom stereocenters. The molecular formula is C93H95BBrF6I5N4O14V5. The molecule has 10 aromatic rings. The van der Waals surface area contributed by atoms with Crippen LogP contribution < -0.4 is 21.8 Å². The summed E-state index contributed by atoms with van der Waals surface area (Å²) in [7, 11) is -0.708. The van der Waals surface area contributed by atoms with Crippen molar-refractivity contribution in [2.24, 2.45) is 10.7 Å². The van der Waals surface area contributed by atoms with Crippen LogP contribution in [0.1, 0.15) is 111 Å². The van der Waals surface area contributed by atoms with Gasteiger partial charge in [-0.3, -0.25) is 9.79 Å². The zero-order valence-corrected chi connectivity index (χ0v) is 91.0. The van der Waals surface area contributed by atoms with Gasteiger partial charge in [0, 0.05) is 153 Å². The number of esters is 4. The average molecular weight is 2590 g/mol. The van der Waals surface area contributed by atoms with Crippen molar-refractivity contribution >= 4 is 183 Å². The molecule has 0 saturated carbocycles. The predicted octanol–water partition coefficient (Wildman–Crippen LogP) is 20.7. The Kier molecular flexibility index (Phi) is 60.5. The van der Waals surface area contributed by atoms with E-state index in [1.165, 1.54) is 36.4 Å². The third kappa shape index (κ3) is 43.2. The molecule has 683 valence electrons. The number of ether oxygens (including phenoxy) is 6. The molecule has 1 aliphatic rings. The van der Waals surface area contributed by atoms with Gasteiger partial charge in [-0.05, 0) is 292 Å². The Morgan fingerprint density at radius 1 is 0.403 bits per heavy atom. The number of hydrogen-bond acceptors (Lipinski definition) is 16. The van der Waals surface area contributed by atoms with Crippen LogP contribution in [-0.4, -0.2) is 111 Å². The third-order valence-electron chi connectivity index (χ3n) is 18.3. The van der Waals surface area contributed by atoms with Gasteiger partial charge >= 0.3 is 43.2 Å². The summed E-state index contributed by atoms with van der Waals surface area (Å²) in [6.45, 7) is 17.1. The number of alkyl carbamates (subject to hydrolysis) is 2. The molecule has 0 spiro atoms. The molecule has 0 bridgehead atoms. The second-order valence-corrected chi connectivity index (χ2v) is 34.9. The molecule has 1 fully saturated rings. The van der Waals surface area contributed by atoms with E-state index in [0.29, 0.717) is 44.3 Å². The molecule has 1 heterocycles. The molecule has 4 atom stereocenters. The van der Waals surface area contributed by atoms with Crippen molar-refractivity contribution in [2.45, 2.75) is 142 Å². The Bertz CT molecular complexity index is 5120. The fraction of sp³-hybridized carbons (Fsp3) is 0.280. The van der Waals surface area contributed by atoms with Gasteiger partial charge in [-0.1, -0.05) is 180 Å². The van der Waals surface area contributed by atoms with Crippen molar-refractivity contribution in [3.05, 3.63) is 339 Å². The van der Waals surface area contributed by atoms with Crippen LogP contribution >= 0.6 is 129 Å². The van der Waals surface area contributed by atoms with Crippen LogP contribution in [0.5, 0.6) is 0 Å². The first-order valence-electron chi connectivity index (χ1n) is 39.0. The van der Waals surface area contributed by atoms with Gasteiger partial charge in [-0.15, -0.1) is 0 Å². The van der Waals surface area contributed by atoms with Gasteiger partial charge in [0.1, 0.15) is 66.2 Å². The Labute approximate surface area is 886 Å². The van der Waals surface area contributed by atoms with Gasteiger partial charge in [-0.2, -0.15) is 0 Å². The number of rotatable bonds is 27. The monoisotopic (exact) mass is 2580 g/mol. The number of amides is 2. The van der Waals surface area contributed by atoms with Crippen molar-refractivity contribution < 1.29 is 186 Å². The van der Waals surface area contributed by atoms with Crippen LogP contribution in [0.25, 0.3) is 0 Å². The van der Waals surface area contributed by atoms with Gasteiger partial charge < -0.3 is 54.1 Å². The van der Waals surface area contributed by atoms with Crippen LogP contribution in [0.4, 0.5) is 35.9 Å². The number of carbonyl (C=O) groups excluding carboxylic acids is 6. The van der Waals surface area contributed by atoms with Crippen molar-refractivity contribution in [3.63, 3.8) is 0 Å². The molecule has 2 amide bonds. The van der Waals surface area contributed by atoms with E-state index >= 15 is 0 Å². The summed E-state index contributed by atoms with van der Waals surface area (Å²) in [5.74, 6) is -4.20. The van der Waals surface area contributed by atoms with Crippen LogP contribution in [0.3, 0.4) is 0 Å². The third-order valence-corrected chi connectivity index (χ3v) is 22.3. The number of aliphatic imine (C=N–C) groups is 1. The Hall–Kier alpha value is -5.13. The summed E-state index contributed by atoms with van der Waals surface area (Å²) < 4.78 is 129. The molecule has 11 rings (SSSR count). The number of halogens is 12. The number of nitrogens with two attached hydrogens (primary N) is 1. The number of benzene rings is 10. The SMILES string of the molecule is CCOC(=O)C(Cc1ccc(B2OC(C)(C)C(C)(C)O2)cc1F)NC(=O)OCc1ccccc1.CCOC(=O)C(Cc1ccc(I)cc1F)N=C(c1ccccc1)c1ccccc1.CCOC(=O)C(Cc1ccc(I)cc1F)NC(=O)OCc1ccccc1.CCOC(=O)C(N)Cc1ccc(I)cc1F.Cc1ccc(I)cc1F.Fc1cc(I)ccc1CBr.[V].[V].[V].[V].[V]. The number of alkyl halides is 1. The first kappa shape index (κ1) is 122. The van der Waals surface area contributed by atoms with Gasteiger partial charge in [0.25, 0.3) is 0 Å². The predicted molar refractivity (Wildman–Crippen MR) is 514 cm³/mol. The number of nitrogens with one attached hydrogen (secondary N) is 2. The summed E-state index contributed by atoms with van der Waals surface area (Å²) in [4.78, 5) is 77.6. The van der Waals surface area contributed by atoms with E-state index in [4.69, 9.17) is 48.5 Å². The molecule has 0 aromatic heterocycles. The molecule has 129 heavy (non-hydrogen) atoms. The van der Waals surface area contributed by atoms with Gasteiger partial charge in [0.15, 0.2) is 6.04 Å². The van der Waals surface area contributed by atoms with E-state index in [1.54, 1.807) is 89.2 Å². The first-order valence-corrected chi connectivity index (χ1v) is 45.5. The minimum atomic E-state index is -1.11. The second-order valence-electron chi connectivity index (χ2n) is 28.1. The molecule has 1 saturated heterocycles. The molecule has 0 aliphatic carbocycles. The van der Waals surface area contributed by atoms with E-state index in [-0.39, 0.29) is 187 Å². The fourth-order valence-corrected chi connectivity index (χ4v) is 13.8. The van der Waals surface area contributed by atoms with E-state index in [0.717, 1.165) is 40.1 Å². The van der Waals surface area contributed by atoms with Crippen LogP contribution in [-0.2, 0) is 194 Å². The summed E-state index contributed by atoms with van der Waals surface area (Å²) in [6, 6.07) is 63.2. The maximum absolute atomic E-state index is 15.0. The van der Waals surface area contributed by atoms with Crippen LogP contribution in [0.15, 0.2) is 236 Å². The molecule has 5 radical (unpaired) electrons. The van der Waals surface area contributed by atoms with Crippen molar-refractivity contribution in [3.8, 4) is 0 Å². The Morgan fingerprint density at radius 2 is 0.713 bits per heavy atom. The fourth-order valence-electron chi connectivity index (χ4n) is 11.1. The second kappa shape index (κ2) is 64.0. The van der Waals surface area contributed by atoms with Crippen molar-refractivity contribution in [1.29, 1.82) is 0 Å². The topological polar surface area (TPSA) is 239 Å². The summed E-state index contributed by atoms with van der Waals surface area (Å²) in [5, 5.41) is 5.52. The Morgan fingerprint density at radius 3 is 1.05 bits per heavy atom. The molecule has 4 N–H and O–H groups in total. The maximum atomic E-state index is 15.0. The summed E-state index contributed by atoms with van der Waals surface area (Å²) >= 11 is 13.4. The quantitative estimate of drug-likeness (QED) is 0.00825. The zero-order valence-electron chi connectivity index (χ0n) is 71.6. The van der Waals surface area contributed by atoms with E-state index < -0.39 is 90.2 Å². The molecule has 1 aliphatic heterocycles. The van der Waals surface area contributed by atoms with E-state index in [2.05, 4.69) is 94.3 Å². The van der Waals surface area contributed by atoms with E-state index in [1.807, 2.05) is 212 Å². The van der Waals surface area contributed by atoms with Gasteiger partial charge in [0.05, 0.1) is 43.3 Å². The normalized spacial score (nSPS) is 12.4. The smallest absolute Gasteiger partial charge is 0.465 e. The largest absolute Gasteiger partial charge is 0.494 e. The van der Waals surface area contributed by atoms with E-state index in [9.17, 15) is 55.1 Å². The molecule has 36 heteroatoms. The number of carbonyl (C=O) groups is 6. The number of hydrogen-bond donors (Lipinski definition) is 3. The molecular weight excluding hydrogens is 2490 g/mol. The average Bonchev–Trinajstić information content (AvgIpc) is 1.62. The zero-order chi connectivity index (χ0) is 91.1. The first-order chi connectivity index (χ1) is 59.1.